The number of hydrogen-bond acceptors (Lipinski definition) is 5. The molecule has 0 aliphatic carbocycles. The number of aliphatic hydroxyl groups is 1. The standard InChI is InChI=1S/C19H23N3O3/c1-14-10-17(20-25-14)18(23)22-9-7-19(24,13-22)12-21-8-6-15-4-2-3-5-16(15)11-21/h2-5,10,24H,6-9,11-13H2,1H3/t19-/m1/s1. The molecular weight excluding hydrogens is 318 g/mol. The minimum absolute atomic E-state index is 0.170. The van der Waals surface area contributed by atoms with Gasteiger partial charge in [-0.2, -0.15) is 0 Å². The van der Waals surface area contributed by atoms with Crippen LogP contribution >= 0.6 is 0 Å². The molecule has 0 bridgehead atoms. The molecule has 0 unspecified atom stereocenters. The predicted molar refractivity (Wildman–Crippen MR) is 92.1 cm³/mol. The number of nitrogens with zero attached hydrogens (tertiary/aromatic N) is 3. The number of hydrogen-bond donors (Lipinski definition) is 1. The van der Waals surface area contributed by atoms with E-state index < -0.39 is 5.60 Å². The molecule has 0 saturated carbocycles. The van der Waals surface area contributed by atoms with Gasteiger partial charge in [0.1, 0.15) is 5.76 Å². The second-order valence-electron chi connectivity index (χ2n) is 7.25. The van der Waals surface area contributed by atoms with Crippen molar-refractivity contribution in [2.24, 2.45) is 0 Å². The first-order valence-corrected chi connectivity index (χ1v) is 8.77. The maximum Gasteiger partial charge on any atom is 0.276 e. The molecule has 25 heavy (non-hydrogen) atoms. The zero-order valence-electron chi connectivity index (χ0n) is 14.4. The minimum Gasteiger partial charge on any atom is -0.387 e. The lowest BCUT2D eigenvalue weighted by Crippen LogP contribution is -2.47. The number of rotatable bonds is 3. The van der Waals surface area contributed by atoms with E-state index in [-0.39, 0.29) is 5.91 Å². The summed E-state index contributed by atoms with van der Waals surface area (Å²) in [4.78, 5) is 16.4. The topological polar surface area (TPSA) is 69.8 Å². The summed E-state index contributed by atoms with van der Waals surface area (Å²) in [6.07, 6.45) is 1.60. The Morgan fingerprint density at radius 3 is 2.88 bits per heavy atom. The van der Waals surface area contributed by atoms with Crippen LogP contribution in [0, 0.1) is 6.92 Å². The van der Waals surface area contributed by atoms with Gasteiger partial charge in [0.05, 0.1) is 12.1 Å². The van der Waals surface area contributed by atoms with Crippen molar-refractivity contribution in [3.05, 3.63) is 52.9 Å². The van der Waals surface area contributed by atoms with Crippen LogP contribution in [-0.4, -0.2) is 57.8 Å². The van der Waals surface area contributed by atoms with Crippen LogP contribution in [-0.2, 0) is 13.0 Å². The number of benzene rings is 1. The lowest BCUT2D eigenvalue weighted by Gasteiger charge is -2.34. The van der Waals surface area contributed by atoms with Gasteiger partial charge < -0.3 is 14.5 Å². The smallest absolute Gasteiger partial charge is 0.276 e. The molecule has 1 aromatic heterocycles. The second-order valence-corrected chi connectivity index (χ2v) is 7.25. The Morgan fingerprint density at radius 2 is 2.12 bits per heavy atom. The van der Waals surface area contributed by atoms with E-state index in [9.17, 15) is 9.90 Å². The molecule has 1 fully saturated rings. The maximum absolute atomic E-state index is 12.5. The zero-order valence-corrected chi connectivity index (χ0v) is 14.4. The summed E-state index contributed by atoms with van der Waals surface area (Å²) in [5.41, 5.74) is 2.19. The van der Waals surface area contributed by atoms with E-state index in [1.165, 1.54) is 11.1 Å². The van der Waals surface area contributed by atoms with Crippen LogP contribution in [0.25, 0.3) is 0 Å². The van der Waals surface area contributed by atoms with Crippen LogP contribution in [0.4, 0.5) is 0 Å². The average molecular weight is 341 g/mol. The second kappa shape index (κ2) is 6.28. The van der Waals surface area contributed by atoms with E-state index in [2.05, 4.69) is 34.3 Å². The third-order valence-corrected chi connectivity index (χ3v) is 5.19. The van der Waals surface area contributed by atoms with Crippen molar-refractivity contribution in [1.82, 2.24) is 15.0 Å². The number of aryl methyl sites for hydroxylation is 1. The van der Waals surface area contributed by atoms with Crippen molar-refractivity contribution in [1.29, 1.82) is 0 Å². The molecule has 1 amide bonds. The first-order chi connectivity index (χ1) is 12.0. The number of aromatic nitrogens is 1. The fourth-order valence-corrected chi connectivity index (χ4v) is 3.89. The van der Waals surface area contributed by atoms with Gasteiger partial charge in [0.2, 0.25) is 0 Å². The van der Waals surface area contributed by atoms with Crippen molar-refractivity contribution >= 4 is 5.91 Å². The molecule has 3 heterocycles. The summed E-state index contributed by atoms with van der Waals surface area (Å²) < 4.78 is 4.98. The number of carbonyl (C=O) groups is 1. The molecule has 2 aliphatic rings. The highest BCUT2D eigenvalue weighted by atomic mass is 16.5. The Hall–Kier alpha value is -2.18. The van der Waals surface area contributed by atoms with Crippen LogP contribution in [0.5, 0.6) is 0 Å². The van der Waals surface area contributed by atoms with Crippen LogP contribution in [0.3, 0.4) is 0 Å². The molecule has 132 valence electrons. The Labute approximate surface area is 147 Å². The average Bonchev–Trinajstić information content (AvgIpc) is 3.20. The first kappa shape index (κ1) is 16.3. The van der Waals surface area contributed by atoms with E-state index in [4.69, 9.17) is 4.52 Å². The van der Waals surface area contributed by atoms with E-state index >= 15 is 0 Å². The molecule has 0 spiro atoms. The quantitative estimate of drug-likeness (QED) is 0.919. The van der Waals surface area contributed by atoms with Crippen molar-refractivity contribution in [2.75, 3.05) is 26.2 Å². The maximum atomic E-state index is 12.5. The molecule has 0 radical (unpaired) electrons. The van der Waals surface area contributed by atoms with Gasteiger partial charge in [0, 0.05) is 32.2 Å². The van der Waals surface area contributed by atoms with E-state index in [1.807, 2.05) is 0 Å². The predicted octanol–water partition coefficient (Wildman–Crippen LogP) is 1.62. The highest BCUT2D eigenvalue weighted by Gasteiger charge is 2.40. The SMILES string of the molecule is Cc1cc(C(=O)N2CC[C@@](O)(CN3CCc4ccccc4C3)C2)no1. The zero-order chi connectivity index (χ0) is 17.4. The minimum atomic E-state index is -0.860. The van der Waals surface area contributed by atoms with Crippen molar-refractivity contribution < 1.29 is 14.4 Å². The van der Waals surface area contributed by atoms with Crippen molar-refractivity contribution in [3.63, 3.8) is 0 Å². The molecule has 1 aromatic carbocycles. The summed E-state index contributed by atoms with van der Waals surface area (Å²) in [5, 5.41) is 14.8. The Morgan fingerprint density at radius 1 is 1.32 bits per heavy atom. The van der Waals surface area contributed by atoms with Crippen molar-refractivity contribution in [2.45, 2.75) is 31.9 Å². The van der Waals surface area contributed by atoms with Crippen molar-refractivity contribution in [3.8, 4) is 0 Å². The summed E-state index contributed by atoms with van der Waals surface area (Å²) in [5.74, 6) is 0.446. The number of fused-ring (bicyclic) bond motifs is 1. The number of amides is 1. The summed E-state index contributed by atoms with van der Waals surface area (Å²) in [6, 6.07) is 10.1. The molecule has 2 aliphatic heterocycles. The fourth-order valence-electron chi connectivity index (χ4n) is 3.89. The summed E-state index contributed by atoms with van der Waals surface area (Å²) in [7, 11) is 0. The molecule has 4 rings (SSSR count). The van der Waals surface area contributed by atoms with Gasteiger partial charge in [-0.05, 0) is 30.9 Å². The molecule has 1 saturated heterocycles. The molecule has 6 heteroatoms. The van der Waals surface area contributed by atoms with Gasteiger partial charge in [-0.15, -0.1) is 0 Å². The van der Waals surface area contributed by atoms with Gasteiger partial charge >= 0.3 is 0 Å². The Balaban J connectivity index is 1.39. The first-order valence-electron chi connectivity index (χ1n) is 8.77. The van der Waals surface area contributed by atoms with E-state index in [0.29, 0.717) is 37.5 Å². The number of likely N-dealkylation sites (tertiary alicyclic amines) is 1. The van der Waals surface area contributed by atoms with Crippen LogP contribution in [0.15, 0.2) is 34.9 Å². The van der Waals surface area contributed by atoms with Crippen LogP contribution < -0.4 is 0 Å². The normalized spacial score (nSPS) is 23.7. The summed E-state index contributed by atoms with van der Waals surface area (Å²) >= 11 is 0. The number of β-amino-alcohol motifs (C(OH)–C–C–N with tert-alkyl or cyclic N) is 1. The number of carbonyl (C=O) groups excluding carboxylic acids is 1. The molecule has 2 aromatic rings. The highest BCUT2D eigenvalue weighted by Crippen LogP contribution is 2.27. The molecular formula is C19H23N3O3. The van der Waals surface area contributed by atoms with Gasteiger partial charge in [-0.3, -0.25) is 9.69 Å². The van der Waals surface area contributed by atoms with Crippen LogP contribution in [0.1, 0.15) is 33.8 Å². The highest BCUT2D eigenvalue weighted by molar-refractivity contribution is 5.92. The lowest BCUT2D eigenvalue weighted by atomic mass is 9.97. The largest absolute Gasteiger partial charge is 0.387 e. The monoisotopic (exact) mass is 341 g/mol. The van der Waals surface area contributed by atoms with E-state index in [1.54, 1.807) is 17.9 Å². The van der Waals surface area contributed by atoms with Crippen LogP contribution in [0.2, 0.25) is 0 Å². The van der Waals surface area contributed by atoms with Gasteiger partial charge in [-0.1, -0.05) is 29.4 Å². The molecule has 1 atom stereocenters. The lowest BCUT2D eigenvalue weighted by molar-refractivity contribution is 0.00795. The Bertz CT molecular complexity index is 788. The summed E-state index contributed by atoms with van der Waals surface area (Å²) in [6.45, 7) is 5.04. The fraction of sp³-hybridized carbons (Fsp3) is 0.474. The third-order valence-electron chi connectivity index (χ3n) is 5.19. The third kappa shape index (κ3) is 3.32. The molecule has 6 nitrogen and oxygen atoms in total. The van der Waals surface area contributed by atoms with E-state index in [0.717, 1.165) is 19.5 Å². The van der Waals surface area contributed by atoms with Gasteiger partial charge in [-0.25, -0.2) is 0 Å². The van der Waals surface area contributed by atoms with Gasteiger partial charge in [0.25, 0.3) is 5.91 Å². The molecule has 1 N–H and O–H groups in total. The van der Waals surface area contributed by atoms with Gasteiger partial charge in [0.15, 0.2) is 5.69 Å². The Kier molecular flexibility index (Phi) is 4.09.